The van der Waals surface area contributed by atoms with Gasteiger partial charge in [-0.3, -0.25) is 4.79 Å². The van der Waals surface area contributed by atoms with E-state index >= 15 is 0 Å². The summed E-state index contributed by atoms with van der Waals surface area (Å²) in [6.07, 6.45) is 10.8. The van der Waals surface area contributed by atoms with Crippen molar-refractivity contribution in [3.8, 4) is 0 Å². The van der Waals surface area contributed by atoms with Crippen molar-refractivity contribution in [2.45, 2.75) is 64.3 Å². The van der Waals surface area contributed by atoms with Crippen LogP contribution in [0.25, 0.3) is 11.0 Å². The molecule has 3 heteroatoms. The van der Waals surface area contributed by atoms with Gasteiger partial charge in [-0.1, -0.05) is 44.2 Å². The fourth-order valence-corrected chi connectivity index (χ4v) is 3.38. The first-order chi connectivity index (χ1) is 10.7. The lowest BCUT2D eigenvalue weighted by atomic mass is 9.96. The highest BCUT2D eigenvalue weighted by molar-refractivity contribution is 5.88. The van der Waals surface area contributed by atoms with Gasteiger partial charge in [-0.15, -0.1) is 0 Å². The minimum atomic E-state index is 0.119. The SMILES string of the molecule is Cc1ccc2c(CC(=O)NC3CCCCCCC3)coc2c1. The van der Waals surface area contributed by atoms with E-state index in [4.69, 9.17) is 4.42 Å². The Morgan fingerprint density at radius 3 is 2.68 bits per heavy atom. The van der Waals surface area contributed by atoms with Crippen LogP contribution in [0, 0.1) is 6.92 Å². The van der Waals surface area contributed by atoms with Gasteiger partial charge in [-0.2, -0.15) is 0 Å². The topological polar surface area (TPSA) is 42.2 Å². The highest BCUT2D eigenvalue weighted by Gasteiger charge is 2.16. The molecule has 1 aliphatic carbocycles. The lowest BCUT2D eigenvalue weighted by Crippen LogP contribution is -2.36. The zero-order chi connectivity index (χ0) is 15.4. The number of hydrogen-bond acceptors (Lipinski definition) is 2. The zero-order valence-electron chi connectivity index (χ0n) is 13.4. The maximum atomic E-state index is 12.3. The summed E-state index contributed by atoms with van der Waals surface area (Å²) in [6.45, 7) is 2.04. The van der Waals surface area contributed by atoms with Crippen molar-refractivity contribution in [2.75, 3.05) is 0 Å². The molecule has 0 unspecified atom stereocenters. The van der Waals surface area contributed by atoms with Crippen molar-refractivity contribution in [1.82, 2.24) is 5.32 Å². The molecular weight excluding hydrogens is 274 g/mol. The molecule has 0 spiro atoms. The molecule has 0 atom stereocenters. The molecular formula is C19H25NO2. The van der Waals surface area contributed by atoms with Crippen LogP contribution in [0.3, 0.4) is 0 Å². The van der Waals surface area contributed by atoms with Gasteiger partial charge < -0.3 is 9.73 Å². The molecule has 1 N–H and O–H groups in total. The van der Waals surface area contributed by atoms with Gasteiger partial charge >= 0.3 is 0 Å². The number of carbonyl (C=O) groups is 1. The van der Waals surface area contributed by atoms with Crippen LogP contribution in [0.1, 0.15) is 56.1 Å². The van der Waals surface area contributed by atoms with E-state index in [1.807, 2.05) is 19.1 Å². The zero-order valence-corrected chi connectivity index (χ0v) is 13.4. The Morgan fingerprint density at radius 2 is 1.91 bits per heavy atom. The second kappa shape index (κ2) is 6.99. The number of benzene rings is 1. The van der Waals surface area contributed by atoms with Crippen LogP contribution in [0.4, 0.5) is 0 Å². The predicted octanol–water partition coefficient (Wildman–Crippen LogP) is 4.51. The molecule has 1 aromatic heterocycles. The van der Waals surface area contributed by atoms with E-state index in [0.717, 1.165) is 29.4 Å². The van der Waals surface area contributed by atoms with Crippen LogP contribution in [0.15, 0.2) is 28.9 Å². The second-order valence-corrected chi connectivity index (χ2v) is 6.55. The molecule has 1 amide bonds. The van der Waals surface area contributed by atoms with E-state index in [9.17, 15) is 4.79 Å². The first kappa shape index (κ1) is 15.1. The largest absolute Gasteiger partial charge is 0.464 e. The van der Waals surface area contributed by atoms with Crippen molar-refractivity contribution in [2.24, 2.45) is 0 Å². The fraction of sp³-hybridized carbons (Fsp3) is 0.526. The van der Waals surface area contributed by atoms with Crippen LogP contribution in [0.5, 0.6) is 0 Å². The average molecular weight is 299 g/mol. The number of rotatable bonds is 3. The maximum Gasteiger partial charge on any atom is 0.224 e. The minimum absolute atomic E-state index is 0.119. The Labute approximate surface area is 132 Å². The molecule has 1 aliphatic rings. The summed E-state index contributed by atoms with van der Waals surface area (Å²) in [7, 11) is 0. The van der Waals surface area contributed by atoms with E-state index in [1.165, 1.54) is 37.7 Å². The lowest BCUT2D eigenvalue weighted by molar-refractivity contribution is -0.121. The third-order valence-corrected chi connectivity index (χ3v) is 4.63. The number of amides is 1. The van der Waals surface area contributed by atoms with Crippen LogP contribution in [-0.4, -0.2) is 11.9 Å². The van der Waals surface area contributed by atoms with E-state index < -0.39 is 0 Å². The number of furan rings is 1. The summed E-state index contributed by atoms with van der Waals surface area (Å²) in [5, 5.41) is 4.27. The van der Waals surface area contributed by atoms with Crippen molar-refractivity contribution in [1.29, 1.82) is 0 Å². The van der Waals surface area contributed by atoms with Crippen LogP contribution >= 0.6 is 0 Å². The van der Waals surface area contributed by atoms with Crippen LogP contribution in [0.2, 0.25) is 0 Å². The molecule has 1 heterocycles. The molecule has 1 fully saturated rings. The molecule has 118 valence electrons. The van der Waals surface area contributed by atoms with Gasteiger partial charge in [0.1, 0.15) is 5.58 Å². The van der Waals surface area contributed by atoms with E-state index in [2.05, 4.69) is 11.4 Å². The van der Waals surface area contributed by atoms with Gasteiger partial charge in [0.25, 0.3) is 0 Å². The fourth-order valence-electron chi connectivity index (χ4n) is 3.38. The molecule has 0 saturated heterocycles. The highest BCUT2D eigenvalue weighted by Crippen LogP contribution is 2.23. The standard InChI is InChI=1S/C19H25NO2/c1-14-9-10-17-15(13-22-18(17)11-14)12-19(21)20-16-7-5-3-2-4-6-8-16/h9-11,13,16H,2-8,12H2,1H3,(H,20,21). The van der Waals surface area contributed by atoms with Crippen molar-refractivity contribution in [3.05, 3.63) is 35.6 Å². The summed E-state index contributed by atoms with van der Waals surface area (Å²) in [6, 6.07) is 6.49. The minimum Gasteiger partial charge on any atom is -0.464 e. The quantitative estimate of drug-likeness (QED) is 0.906. The summed E-state index contributed by atoms with van der Waals surface area (Å²) < 4.78 is 5.58. The molecule has 1 aromatic carbocycles. The maximum absolute atomic E-state index is 12.3. The predicted molar refractivity (Wildman–Crippen MR) is 88.9 cm³/mol. The van der Waals surface area contributed by atoms with Gasteiger partial charge in [-0.25, -0.2) is 0 Å². The molecule has 1 saturated carbocycles. The first-order valence-corrected chi connectivity index (χ1v) is 8.48. The Balaban J connectivity index is 1.62. The average Bonchev–Trinajstić information content (AvgIpc) is 2.84. The smallest absolute Gasteiger partial charge is 0.224 e. The Bertz CT molecular complexity index is 636. The number of aryl methyl sites for hydroxylation is 1. The van der Waals surface area contributed by atoms with Gasteiger partial charge in [-0.05, 0) is 31.4 Å². The summed E-state index contributed by atoms with van der Waals surface area (Å²) in [5.74, 6) is 0.119. The third-order valence-electron chi connectivity index (χ3n) is 4.63. The van der Waals surface area contributed by atoms with Crippen LogP contribution < -0.4 is 5.32 Å². The molecule has 0 bridgehead atoms. The van der Waals surface area contributed by atoms with E-state index in [-0.39, 0.29) is 5.91 Å². The number of fused-ring (bicyclic) bond motifs is 1. The van der Waals surface area contributed by atoms with E-state index in [0.29, 0.717) is 12.5 Å². The summed E-state index contributed by atoms with van der Waals surface area (Å²) in [5.41, 5.74) is 3.03. The van der Waals surface area contributed by atoms with Gasteiger partial charge in [0, 0.05) is 17.0 Å². The Hall–Kier alpha value is -1.77. The summed E-state index contributed by atoms with van der Waals surface area (Å²) in [4.78, 5) is 12.3. The van der Waals surface area contributed by atoms with Gasteiger partial charge in [0.05, 0.1) is 12.7 Å². The highest BCUT2D eigenvalue weighted by atomic mass is 16.3. The van der Waals surface area contributed by atoms with E-state index in [1.54, 1.807) is 6.26 Å². The normalized spacial score (nSPS) is 17.1. The van der Waals surface area contributed by atoms with Crippen molar-refractivity contribution < 1.29 is 9.21 Å². The Kier molecular flexibility index (Phi) is 4.81. The monoisotopic (exact) mass is 299 g/mol. The van der Waals surface area contributed by atoms with Gasteiger partial charge in [0.2, 0.25) is 5.91 Å². The van der Waals surface area contributed by atoms with Gasteiger partial charge in [0.15, 0.2) is 0 Å². The second-order valence-electron chi connectivity index (χ2n) is 6.55. The molecule has 0 radical (unpaired) electrons. The molecule has 2 aromatic rings. The first-order valence-electron chi connectivity index (χ1n) is 8.48. The van der Waals surface area contributed by atoms with Crippen molar-refractivity contribution >= 4 is 16.9 Å². The number of nitrogens with one attached hydrogen (secondary N) is 1. The summed E-state index contributed by atoms with van der Waals surface area (Å²) >= 11 is 0. The lowest BCUT2D eigenvalue weighted by Gasteiger charge is -2.20. The van der Waals surface area contributed by atoms with Crippen LogP contribution in [-0.2, 0) is 11.2 Å². The van der Waals surface area contributed by atoms with Crippen molar-refractivity contribution in [3.63, 3.8) is 0 Å². The number of hydrogen-bond donors (Lipinski definition) is 1. The molecule has 3 nitrogen and oxygen atoms in total. The third kappa shape index (κ3) is 3.70. The molecule has 3 rings (SSSR count). The number of carbonyl (C=O) groups excluding carboxylic acids is 1. The molecule has 0 aliphatic heterocycles. The Morgan fingerprint density at radius 1 is 1.18 bits per heavy atom. The molecule has 22 heavy (non-hydrogen) atoms.